The molecule has 0 bridgehead atoms. The van der Waals surface area contributed by atoms with Crippen molar-refractivity contribution in [3.63, 3.8) is 0 Å². The molecule has 0 spiro atoms. The van der Waals surface area contributed by atoms with Gasteiger partial charge in [0.2, 0.25) is 0 Å². The molecule has 2 heterocycles. The highest BCUT2D eigenvalue weighted by atomic mass is 16.5. The highest BCUT2D eigenvalue weighted by molar-refractivity contribution is 6.05. The van der Waals surface area contributed by atoms with Crippen LogP contribution in [0, 0.1) is 6.92 Å². The number of hydrogen-bond acceptors (Lipinski definition) is 6. The van der Waals surface area contributed by atoms with Crippen LogP contribution in [-0.2, 0) is 11.3 Å². The number of rotatable bonds is 7. The maximum Gasteiger partial charge on any atom is 0.340 e. The number of pyridine rings is 1. The number of aromatic nitrogens is 2. The molecule has 0 saturated heterocycles. The standard InChI is InChI=1S/C26H24N4O5/c1-3-34-25(32)21-6-4-5-7-22(21)29-26(33)28-18-9-11-20(12-10-18)35-16-19-14-24(31)30-15-17(2)8-13-23(30)27-19/h4-15H,3,16H2,1-2H3,(H2,28,29,33). The second-order valence-electron chi connectivity index (χ2n) is 7.68. The molecule has 4 rings (SSSR count). The second kappa shape index (κ2) is 10.5. The molecule has 2 amide bonds. The predicted octanol–water partition coefficient (Wildman–Crippen LogP) is 4.40. The lowest BCUT2D eigenvalue weighted by Gasteiger charge is -2.12. The number of nitrogens with zero attached hydrogens (tertiary/aromatic N) is 2. The van der Waals surface area contributed by atoms with Crippen LogP contribution < -0.4 is 20.9 Å². The smallest absolute Gasteiger partial charge is 0.340 e. The molecule has 0 saturated carbocycles. The van der Waals surface area contributed by atoms with E-state index in [0.717, 1.165) is 5.56 Å². The van der Waals surface area contributed by atoms with Crippen molar-refractivity contribution >= 4 is 29.0 Å². The molecule has 2 aromatic heterocycles. The van der Waals surface area contributed by atoms with Crippen molar-refractivity contribution in [1.29, 1.82) is 0 Å². The number of esters is 1. The van der Waals surface area contributed by atoms with E-state index in [1.165, 1.54) is 10.5 Å². The van der Waals surface area contributed by atoms with Gasteiger partial charge in [0, 0.05) is 18.0 Å². The fourth-order valence-corrected chi connectivity index (χ4v) is 3.39. The van der Waals surface area contributed by atoms with E-state index in [1.807, 2.05) is 13.0 Å². The second-order valence-corrected chi connectivity index (χ2v) is 7.68. The first-order chi connectivity index (χ1) is 16.9. The van der Waals surface area contributed by atoms with Crippen LogP contribution in [0.25, 0.3) is 5.65 Å². The van der Waals surface area contributed by atoms with Gasteiger partial charge in [0.1, 0.15) is 18.0 Å². The maximum atomic E-state index is 12.4. The topological polar surface area (TPSA) is 111 Å². The zero-order valence-electron chi connectivity index (χ0n) is 19.3. The summed E-state index contributed by atoms with van der Waals surface area (Å²) in [4.78, 5) is 41.3. The number of amides is 2. The fraction of sp³-hybridized carbons (Fsp3) is 0.154. The summed E-state index contributed by atoms with van der Waals surface area (Å²) in [6.45, 7) is 3.99. The molecule has 0 radical (unpaired) electrons. The van der Waals surface area contributed by atoms with Crippen LogP contribution in [0.4, 0.5) is 16.2 Å². The zero-order valence-corrected chi connectivity index (χ0v) is 19.3. The molecule has 35 heavy (non-hydrogen) atoms. The SMILES string of the molecule is CCOC(=O)c1ccccc1NC(=O)Nc1ccc(OCc2cc(=O)n3cc(C)ccc3n2)cc1. The van der Waals surface area contributed by atoms with Crippen molar-refractivity contribution in [2.75, 3.05) is 17.2 Å². The number of aryl methyl sites for hydroxylation is 1. The minimum Gasteiger partial charge on any atom is -0.487 e. The Labute approximate surface area is 201 Å². The van der Waals surface area contributed by atoms with E-state index >= 15 is 0 Å². The Kier molecular flexibility index (Phi) is 7.06. The molecule has 0 fully saturated rings. The quantitative estimate of drug-likeness (QED) is 0.386. The van der Waals surface area contributed by atoms with E-state index in [1.54, 1.807) is 67.7 Å². The summed E-state index contributed by atoms with van der Waals surface area (Å²) in [7, 11) is 0. The van der Waals surface area contributed by atoms with Gasteiger partial charge in [-0.1, -0.05) is 18.2 Å². The Balaban J connectivity index is 1.36. The summed E-state index contributed by atoms with van der Waals surface area (Å²) in [6.07, 6.45) is 1.74. The van der Waals surface area contributed by atoms with Crippen molar-refractivity contribution in [1.82, 2.24) is 9.38 Å². The number of anilines is 2. The lowest BCUT2D eigenvalue weighted by atomic mass is 10.2. The number of hydrogen-bond donors (Lipinski definition) is 2. The van der Waals surface area contributed by atoms with E-state index in [9.17, 15) is 14.4 Å². The molecule has 0 unspecified atom stereocenters. The molecule has 0 aliphatic rings. The van der Waals surface area contributed by atoms with Gasteiger partial charge in [-0.25, -0.2) is 14.6 Å². The Morgan fingerprint density at radius 2 is 1.77 bits per heavy atom. The van der Waals surface area contributed by atoms with Gasteiger partial charge in [0.05, 0.1) is 23.6 Å². The summed E-state index contributed by atoms with van der Waals surface area (Å²) in [5.74, 6) is 0.0399. The molecule has 9 nitrogen and oxygen atoms in total. The molecular weight excluding hydrogens is 448 g/mol. The van der Waals surface area contributed by atoms with Gasteiger partial charge < -0.3 is 20.1 Å². The number of fused-ring (bicyclic) bond motifs is 1. The molecular formula is C26H24N4O5. The van der Waals surface area contributed by atoms with Crippen molar-refractivity contribution in [3.05, 3.63) is 100 Å². The van der Waals surface area contributed by atoms with Crippen LogP contribution in [0.5, 0.6) is 5.75 Å². The highest BCUT2D eigenvalue weighted by Gasteiger charge is 2.14. The third-order valence-corrected chi connectivity index (χ3v) is 5.03. The third kappa shape index (κ3) is 5.83. The van der Waals surface area contributed by atoms with Crippen LogP contribution in [0.3, 0.4) is 0 Å². The summed E-state index contributed by atoms with van der Waals surface area (Å²) < 4.78 is 12.3. The van der Waals surface area contributed by atoms with Crippen molar-refractivity contribution in [2.24, 2.45) is 0 Å². The number of urea groups is 1. The maximum absolute atomic E-state index is 12.4. The lowest BCUT2D eigenvalue weighted by Crippen LogP contribution is -2.21. The minimum atomic E-state index is -0.511. The van der Waals surface area contributed by atoms with Crippen LogP contribution >= 0.6 is 0 Å². The average molecular weight is 473 g/mol. The van der Waals surface area contributed by atoms with Gasteiger partial charge in [-0.15, -0.1) is 0 Å². The van der Waals surface area contributed by atoms with E-state index in [4.69, 9.17) is 9.47 Å². The van der Waals surface area contributed by atoms with Gasteiger partial charge in [-0.05, 0) is 61.9 Å². The number of carbonyl (C=O) groups is 2. The molecule has 9 heteroatoms. The van der Waals surface area contributed by atoms with E-state index < -0.39 is 12.0 Å². The Morgan fingerprint density at radius 1 is 1.00 bits per heavy atom. The molecule has 0 aliphatic carbocycles. The molecule has 178 valence electrons. The number of benzene rings is 2. The Hall–Kier alpha value is -4.66. The van der Waals surface area contributed by atoms with E-state index in [0.29, 0.717) is 28.5 Å². The minimum absolute atomic E-state index is 0.123. The highest BCUT2D eigenvalue weighted by Crippen LogP contribution is 2.19. The number of carbonyl (C=O) groups excluding carboxylic acids is 2. The summed E-state index contributed by atoms with van der Waals surface area (Å²) in [5.41, 5.74) is 3.00. The van der Waals surface area contributed by atoms with E-state index in [-0.39, 0.29) is 24.3 Å². The normalized spacial score (nSPS) is 10.6. The number of ether oxygens (including phenoxy) is 2. The molecule has 4 aromatic rings. The van der Waals surface area contributed by atoms with Gasteiger partial charge in [-0.2, -0.15) is 0 Å². The molecule has 2 aromatic carbocycles. The van der Waals surface area contributed by atoms with Crippen molar-refractivity contribution < 1.29 is 19.1 Å². The fourth-order valence-electron chi connectivity index (χ4n) is 3.39. The molecule has 0 aliphatic heterocycles. The largest absolute Gasteiger partial charge is 0.487 e. The van der Waals surface area contributed by atoms with Gasteiger partial charge >= 0.3 is 12.0 Å². The third-order valence-electron chi connectivity index (χ3n) is 5.03. The van der Waals surface area contributed by atoms with Crippen LogP contribution in [0.15, 0.2) is 77.7 Å². The lowest BCUT2D eigenvalue weighted by molar-refractivity contribution is 0.0527. The number of nitrogens with one attached hydrogen (secondary N) is 2. The summed E-state index contributed by atoms with van der Waals surface area (Å²) in [6, 6.07) is 18.0. The van der Waals surface area contributed by atoms with Gasteiger partial charge in [0.25, 0.3) is 5.56 Å². The zero-order chi connectivity index (χ0) is 24.8. The van der Waals surface area contributed by atoms with Crippen molar-refractivity contribution in [2.45, 2.75) is 20.5 Å². The predicted molar refractivity (Wildman–Crippen MR) is 132 cm³/mol. The molecule has 0 atom stereocenters. The van der Waals surface area contributed by atoms with Crippen molar-refractivity contribution in [3.8, 4) is 5.75 Å². The van der Waals surface area contributed by atoms with Crippen LogP contribution in [0.1, 0.15) is 28.5 Å². The van der Waals surface area contributed by atoms with Gasteiger partial charge in [-0.3, -0.25) is 9.20 Å². The first-order valence-electron chi connectivity index (χ1n) is 11.0. The Morgan fingerprint density at radius 3 is 2.54 bits per heavy atom. The molecule has 2 N–H and O–H groups in total. The van der Waals surface area contributed by atoms with E-state index in [2.05, 4.69) is 15.6 Å². The monoisotopic (exact) mass is 472 g/mol. The summed E-state index contributed by atoms with van der Waals surface area (Å²) in [5, 5.41) is 5.37. The van der Waals surface area contributed by atoms with Gasteiger partial charge in [0.15, 0.2) is 0 Å². The first-order valence-corrected chi connectivity index (χ1v) is 11.0. The van der Waals surface area contributed by atoms with Crippen LogP contribution in [-0.4, -0.2) is 28.0 Å². The summed E-state index contributed by atoms with van der Waals surface area (Å²) >= 11 is 0. The Bertz CT molecular complexity index is 1430. The first kappa shape index (κ1) is 23.5. The average Bonchev–Trinajstić information content (AvgIpc) is 2.84. The van der Waals surface area contributed by atoms with Crippen LogP contribution in [0.2, 0.25) is 0 Å². The number of para-hydroxylation sites is 1.